The lowest BCUT2D eigenvalue weighted by Crippen LogP contribution is -2.46. The second-order valence-corrected chi connectivity index (χ2v) is 8.82. The molecule has 3 aromatic carbocycles. The zero-order chi connectivity index (χ0) is 21.8. The van der Waals surface area contributed by atoms with Crippen LogP contribution in [-0.4, -0.2) is 44.6 Å². The second kappa shape index (κ2) is 5.89. The Balaban J connectivity index is 1.88. The number of aliphatic hydroxyl groups excluding tert-OH is 1. The van der Waals surface area contributed by atoms with Crippen molar-refractivity contribution in [2.75, 3.05) is 13.7 Å². The highest BCUT2D eigenvalue weighted by molar-refractivity contribution is 6.30. The molecule has 0 saturated carbocycles. The van der Waals surface area contributed by atoms with Gasteiger partial charge in [-0.25, -0.2) is 0 Å². The fraction of sp³-hybridized carbons (Fsp3) is 0.240. The normalized spacial score (nSPS) is 22.3. The quantitative estimate of drug-likeness (QED) is 0.404. The number of benzene rings is 3. The van der Waals surface area contributed by atoms with Gasteiger partial charge >= 0.3 is 0 Å². The average Bonchev–Trinajstić information content (AvgIpc) is 3.43. The van der Waals surface area contributed by atoms with Gasteiger partial charge in [0.2, 0.25) is 0 Å². The molecule has 2 aliphatic heterocycles. The zero-order valence-electron chi connectivity index (χ0n) is 17.4. The Morgan fingerprint density at radius 2 is 1.75 bits per heavy atom. The number of carbonyl (C=O) groups excluding carboxylic acids is 1. The van der Waals surface area contributed by atoms with Crippen molar-refractivity contribution in [3.05, 3.63) is 59.7 Å². The molecular formula is C25H21N3O4. The van der Waals surface area contributed by atoms with Gasteiger partial charge in [-0.2, -0.15) is 0 Å². The number of nitrogens with one attached hydrogen (secondary N) is 1. The first kappa shape index (κ1) is 18.2. The smallest absolute Gasteiger partial charge is 0.252 e. The second-order valence-electron chi connectivity index (χ2n) is 8.82. The average molecular weight is 427 g/mol. The molecule has 0 spiro atoms. The Morgan fingerprint density at radius 3 is 2.47 bits per heavy atom. The summed E-state index contributed by atoms with van der Waals surface area (Å²) in [5, 5.41) is 29.0. The predicted octanol–water partition coefficient (Wildman–Crippen LogP) is 3.03. The van der Waals surface area contributed by atoms with Crippen molar-refractivity contribution in [2.24, 2.45) is 0 Å². The number of amides is 1. The Bertz CT molecular complexity index is 1630. The summed E-state index contributed by atoms with van der Waals surface area (Å²) in [4.78, 5) is 13.1. The summed E-state index contributed by atoms with van der Waals surface area (Å²) < 4.78 is 9.93. The van der Waals surface area contributed by atoms with Crippen LogP contribution < -0.4 is 5.32 Å². The molecule has 0 aliphatic carbocycles. The largest absolute Gasteiger partial charge is 0.393 e. The first-order valence-corrected chi connectivity index (χ1v) is 10.7. The Hall–Kier alpha value is -3.39. The summed E-state index contributed by atoms with van der Waals surface area (Å²) in [6.07, 6.45) is -0.806. The van der Waals surface area contributed by atoms with Crippen molar-refractivity contribution >= 4 is 49.5 Å². The van der Waals surface area contributed by atoms with Gasteiger partial charge in [0.1, 0.15) is 0 Å². The van der Waals surface area contributed by atoms with Gasteiger partial charge < -0.3 is 29.4 Å². The third kappa shape index (κ3) is 1.91. The van der Waals surface area contributed by atoms with Gasteiger partial charge in [-0.15, -0.1) is 0 Å². The molecule has 2 aromatic heterocycles. The van der Waals surface area contributed by atoms with Gasteiger partial charge in [0, 0.05) is 40.7 Å². The summed E-state index contributed by atoms with van der Waals surface area (Å²) in [6, 6.07) is 15.9. The number of ether oxygens (including phenoxy) is 1. The van der Waals surface area contributed by atoms with E-state index in [1.807, 2.05) is 57.7 Å². The molecule has 7 heteroatoms. The molecule has 7 rings (SSSR count). The number of nitrogens with zero attached hydrogens (tertiary/aromatic N) is 2. The van der Waals surface area contributed by atoms with Crippen LogP contribution in [0, 0.1) is 0 Å². The molecule has 0 radical (unpaired) electrons. The van der Waals surface area contributed by atoms with Gasteiger partial charge in [0.25, 0.3) is 5.91 Å². The molecule has 1 unspecified atom stereocenters. The van der Waals surface area contributed by atoms with Crippen LogP contribution in [0.1, 0.15) is 22.1 Å². The number of methoxy groups -OCH3 is 1. The van der Waals surface area contributed by atoms with Crippen LogP contribution in [0.25, 0.3) is 43.6 Å². The van der Waals surface area contributed by atoms with Crippen LogP contribution >= 0.6 is 0 Å². The lowest BCUT2D eigenvalue weighted by atomic mass is 9.97. The van der Waals surface area contributed by atoms with Gasteiger partial charge in [0.05, 0.1) is 35.3 Å². The van der Waals surface area contributed by atoms with E-state index >= 15 is 0 Å². The number of hydrogen-bond acceptors (Lipinski definition) is 4. The molecule has 3 N–H and O–H groups in total. The van der Waals surface area contributed by atoms with Crippen molar-refractivity contribution in [1.29, 1.82) is 0 Å². The fourth-order valence-corrected chi connectivity index (χ4v) is 6.02. The van der Waals surface area contributed by atoms with Crippen molar-refractivity contribution < 1.29 is 19.7 Å². The molecule has 0 bridgehead atoms. The lowest BCUT2D eigenvalue weighted by Gasteiger charge is -2.34. The monoisotopic (exact) mass is 427 g/mol. The summed E-state index contributed by atoms with van der Waals surface area (Å²) >= 11 is 0. The van der Waals surface area contributed by atoms with Crippen LogP contribution in [0.2, 0.25) is 0 Å². The highest BCUT2D eigenvalue weighted by Crippen LogP contribution is 2.49. The number of aliphatic hydroxyl groups is 2. The minimum Gasteiger partial charge on any atom is -0.393 e. The number of rotatable bonds is 2. The van der Waals surface area contributed by atoms with Crippen LogP contribution in [0.15, 0.2) is 48.5 Å². The van der Waals surface area contributed by atoms with E-state index in [2.05, 4.69) is 5.32 Å². The van der Waals surface area contributed by atoms with E-state index < -0.39 is 18.4 Å². The summed E-state index contributed by atoms with van der Waals surface area (Å²) in [5.41, 5.74) is 3.73. The zero-order valence-corrected chi connectivity index (χ0v) is 17.4. The topological polar surface area (TPSA) is 88.7 Å². The van der Waals surface area contributed by atoms with E-state index in [4.69, 9.17) is 4.74 Å². The summed E-state index contributed by atoms with van der Waals surface area (Å²) in [7, 11) is 1.56. The molecule has 5 aromatic rings. The molecule has 0 saturated heterocycles. The van der Waals surface area contributed by atoms with Crippen LogP contribution in [0.5, 0.6) is 0 Å². The highest BCUT2D eigenvalue weighted by Gasteiger charge is 2.45. The van der Waals surface area contributed by atoms with Crippen molar-refractivity contribution in [3.63, 3.8) is 0 Å². The molecule has 1 amide bonds. The summed E-state index contributed by atoms with van der Waals surface area (Å²) in [5.74, 6) is -0.0772. The molecule has 160 valence electrons. The standard InChI is InChI=1S/C25H21N3O4/c1-32-24-25(31,12-29)11-27-16-8-4-2-6-13(16)19-20-15(10-26-23(20)30)18-14-7-3-5-9-17(14)28(24)22(18)21(19)27/h2-9,24,29,31H,10-12H2,1H3,(H,26,30)/t24?,25-/m0/s1. The maximum atomic E-state index is 13.1. The van der Waals surface area contributed by atoms with E-state index in [0.717, 1.165) is 49.2 Å². The maximum absolute atomic E-state index is 13.1. The Morgan fingerprint density at radius 1 is 1.06 bits per heavy atom. The third-order valence-corrected chi connectivity index (χ3v) is 7.24. The Labute approximate surface area is 182 Å². The highest BCUT2D eigenvalue weighted by atomic mass is 16.5. The van der Waals surface area contributed by atoms with Crippen molar-refractivity contribution in [2.45, 2.75) is 24.9 Å². The van der Waals surface area contributed by atoms with Gasteiger partial charge in [-0.3, -0.25) is 4.79 Å². The molecular weight excluding hydrogens is 406 g/mol. The third-order valence-electron chi connectivity index (χ3n) is 7.24. The van der Waals surface area contributed by atoms with E-state index in [1.54, 1.807) is 7.11 Å². The van der Waals surface area contributed by atoms with Crippen LogP contribution in [0.3, 0.4) is 0 Å². The molecule has 4 heterocycles. The van der Waals surface area contributed by atoms with Gasteiger partial charge in [-0.05, 0) is 17.7 Å². The fourth-order valence-electron chi connectivity index (χ4n) is 6.02. The van der Waals surface area contributed by atoms with E-state index in [1.165, 1.54) is 0 Å². The maximum Gasteiger partial charge on any atom is 0.252 e. The molecule has 0 fully saturated rings. The van der Waals surface area contributed by atoms with Gasteiger partial charge in [0.15, 0.2) is 11.8 Å². The number of para-hydroxylation sites is 2. The Kier molecular flexibility index (Phi) is 3.35. The minimum atomic E-state index is -1.57. The van der Waals surface area contributed by atoms with Crippen molar-refractivity contribution in [1.82, 2.24) is 14.5 Å². The van der Waals surface area contributed by atoms with E-state index in [0.29, 0.717) is 12.1 Å². The molecule has 2 aliphatic rings. The first-order chi connectivity index (χ1) is 15.6. The molecule has 2 atom stereocenters. The number of carbonyl (C=O) groups is 1. The van der Waals surface area contributed by atoms with Gasteiger partial charge in [-0.1, -0.05) is 36.4 Å². The molecule has 32 heavy (non-hydrogen) atoms. The van der Waals surface area contributed by atoms with Crippen LogP contribution in [0.4, 0.5) is 0 Å². The summed E-state index contributed by atoms with van der Waals surface area (Å²) in [6.45, 7) is 0.120. The van der Waals surface area contributed by atoms with Crippen LogP contribution in [-0.2, 0) is 17.8 Å². The van der Waals surface area contributed by atoms with Crippen molar-refractivity contribution in [3.8, 4) is 0 Å². The number of aromatic nitrogens is 2. The molecule has 7 nitrogen and oxygen atoms in total. The van der Waals surface area contributed by atoms with E-state index in [-0.39, 0.29) is 12.5 Å². The minimum absolute atomic E-state index is 0.0772. The number of hydrogen-bond donors (Lipinski definition) is 3. The first-order valence-electron chi connectivity index (χ1n) is 10.7. The van der Waals surface area contributed by atoms with E-state index in [9.17, 15) is 15.0 Å². The number of fused-ring (bicyclic) bond motifs is 9. The lowest BCUT2D eigenvalue weighted by molar-refractivity contribution is -0.156. The SMILES string of the molecule is COC1n2c3ccccc3c3c4c(c5c6ccccc6n(c5c32)C[C@]1(O)CO)C(=O)NC4. The predicted molar refractivity (Wildman–Crippen MR) is 122 cm³/mol.